The van der Waals surface area contributed by atoms with Crippen molar-refractivity contribution in [1.82, 2.24) is 10.2 Å². The minimum atomic E-state index is -0.0617. The number of nitrogens with zero attached hydrogens (tertiary/aromatic N) is 1. The van der Waals surface area contributed by atoms with Gasteiger partial charge in [0, 0.05) is 13.1 Å². The van der Waals surface area contributed by atoms with E-state index < -0.39 is 0 Å². The Morgan fingerprint density at radius 3 is 2.33 bits per heavy atom. The van der Waals surface area contributed by atoms with E-state index in [4.69, 9.17) is 0 Å². The second kappa shape index (κ2) is 7.17. The van der Waals surface area contributed by atoms with Gasteiger partial charge < -0.3 is 10.2 Å². The number of amides is 1. The molecule has 1 aromatic rings. The van der Waals surface area contributed by atoms with Crippen LogP contribution in [0.25, 0.3) is 0 Å². The highest BCUT2D eigenvalue weighted by Gasteiger charge is 2.23. The average molecular weight is 248 g/mol. The Labute approximate surface area is 110 Å². The monoisotopic (exact) mass is 248 g/mol. The highest BCUT2D eigenvalue weighted by atomic mass is 16.1. The van der Waals surface area contributed by atoms with Gasteiger partial charge >= 0.3 is 0 Å². The Balaban J connectivity index is 2.65. The van der Waals surface area contributed by atoms with Crippen LogP contribution >= 0.6 is 0 Å². The van der Waals surface area contributed by atoms with Crippen LogP contribution < -0.4 is 5.32 Å². The van der Waals surface area contributed by atoms with Crippen molar-refractivity contribution in [2.45, 2.75) is 19.8 Å². The molecule has 0 saturated carbocycles. The molecule has 0 aromatic heterocycles. The van der Waals surface area contributed by atoms with Gasteiger partial charge in [0.25, 0.3) is 0 Å². The van der Waals surface area contributed by atoms with Crippen LogP contribution in [0.4, 0.5) is 0 Å². The molecule has 0 aliphatic heterocycles. The maximum atomic E-state index is 12.2. The first-order valence-corrected chi connectivity index (χ1v) is 6.49. The summed E-state index contributed by atoms with van der Waals surface area (Å²) in [5, 5.41) is 3.01. The Hall–Kier alpha value is -1.35. The molecular weight excluding hydrogens is 224 g/mol. The Kier molecular flexibility index (Phi) is 5.86. The molecule has 3 nitrogen and oxygen atoms in total. The number of benzene rings is 1. The van der Waals surface area contributed by atoms with Crippen LogP contribution in [-0.4, -0.2) is 38.0 Å². The zero-order chi connectivity index (χ0) is 13.5. The van der Waals surface area contributed by atoms with Crippen molar-refractivity contribution in [3.63, 3.8) is 0 Å². The van der Waals surface area contributed by atoms with Gasteiger partial charge in [0.05, 0.1) is 5.92 Å². The molecule has 1 rings (SSSR count). The smallest absolute Gasteiger partial charge is 0.227 e. The van der Waals surface area contributed by atoms with Crippen LogP contribution in [0.15, 0.2) is 30.3 Å². The number of hydrogen-bond acceptors (Lipinski definition) is 2. The zero-order valence-electron chi connectivity index (χ0n) is 11.8. The first kappa shape index (κ1) is 14.7. The summed E-state index contributed by atoms with van der Waals surface area (Å²) in [7, 11) is 4.01. The molecule has 0 fully saturated rings. The SMILES string of the molecule is CC(C)[C@@H](C(=O)NCCN(C)C)c1ccccc1. The second-order valence-electron chi connectivity index (χ2n) is 5.23. The number of likely N-dealkylation sites (N-methyl/N-ethyl adjacent to an activating group) is 1. The molecule has 0 unspecified atom stereocenters. The van der Waals surface area contributed by atoms with Crippen LogP contribution in [0.2, 0.25) is 0 Å². The predicted octanol–water partition coefficient (Wildman–Crippen LogP) is 2.10. The summed E-state index contributed by atoms with van der Waals surface area (Å²) < 4.78 is 0. The van der Waals surface area contributed by atoms with Crippen LogP contribution in [0.5, 0.6) is 0 Å². The van der Waals surface area contributed by atoms with Gasteiger partial charge in [0.1, 0.15) is 0 Å². The molecule has 0 aliphatic carbocycles. The lowest BCUT2D eigenvalue weighted by Crippen LogP contribution is -2.36. The normalized spacial score (nSPS) is 12.8. The molecule has 100 valence electrons. The van der Waals surface area contributed by atoms with Crippen molar-refractivity contribution in [2.24, 2.45) is 5.92 Å². The maximum absolute atomic E-state index is 12.2. The van der Waals surface area contributed by atoms with Gasteiger partial charge in [-0.15, -0.1) is 0 Å². The quantitative estimate of drug-likeness (QED) is 0.836. The van der Waals surface area contributed by atoms with Crippen molar-refractivity contribution >= 4 is 5.91 Å². The van der Waals surface area contributed by atoms with E-state index in [0.717, 1.165) is 12.1 Å². The third-order valence-corrected chi connectivity index (χ3v) is 2.97. The molecule has 1 N–H and O–H groups in total. The summed E-state index contributed by atoms with van der Waals surface area (Å²) in [4.78, 5) is 14.3. The largest absolute Gasteiger partial charge is 0.354 e. The van der Waals surface area contributed by atoms with Gasteiger partial charge in [-0.25, -0.2) is 0 Å². The summed E-state index contributed by atoms with van der Waals surface area (Å²) >= 11 is 0. The third kappa shape index (κ3) is 4.49. The predicted molar refractivity (Wildman–Crippen MR) is 75.6 cm³/mol. The van der Waals surface area contributed by atoms with Gasteiger partial charge in [-0.05, 0) is 25.6 Å². The minimum Gasteiger partial charge on any atom is -0.354 e. The number of rotatable bonds is 6. The molecule has 0 bridgehead atoms. The van der Waals surface area contributed by atoms with E-state index in [2.05, 4.69) is 24.1 Å². The van der Waals surface area contributed by atoms with Crippen molar-refractivity contribution < 1.29 is 4.79 Å². The van der Waals surface area contributed by atoms with E-state index in [9.17, 15) is 4.79 Å². The van der Waals surface area contributed by atoms with E-state index in [1.54, 1.807) is 0 Å². The lowest BCUT2D eigenvalue weighted by atomic mass is 9.88. The second-order valence-corrected chi connectivity index (χ2v) is 5.23. The Bertz CT molecular complexity index is 360. The summed E-state index contributed by atoms with van der Waals surface area (Å²) in [6.07, 6.45) is 0. The number of hydrogen-bond donors (Lipinski definition) is 1. The van der Waals surface area contributed by atoms with E-state index in [0.29, 0.717) is 12.5 Å². The van der Waals surface area contributed by atoms with Gasteiger partial charge in [-0.3, -0.25) is 4.79 Å². The summed E-state index contributed by atoms with van der Waals surface area (Å²) in [6.45, 7) is 5.74. The van der Waals surface area contributed by atoms with Crippen LogP contribution in [0.1, 0.15) is 25.3 Å². The van der Waals surface area contributed by atoms with E-state index in [-0.39, 0.29) is 11.8 Å². The van der Waals surface area contributed by atoms with Crippen LogP contribution in [-0.2, 0) is 4.79 Å². The fourth-order valence-electron chi connectivity index (χ4n) is 2.01. The number of carbonyl (C=O) groups is 1. The molecule has 1 amide bonds. The number of carbonyl (C=O) groups excluding carboxylic acids is 1. The van der Waals surface area contributed by atoms with E-state index in [1.165, 1.54) is 0 Å². The lowest BCUT2D eigenvalue weighted by molar-refractivity contribution is -0.123. The molecular formula is C15H24N2O. The van der Waals surface area contributed by atoms with Gasteiger partial charge in [0.15, 0.2) is 0 Å². The van der Waals surface area contributed by atoms with Crippen LogP contribution in [0, 0.1) is 5.92 Å². The molecule has 3 heteroatoms. The summed E-state index contributed by atoms with van der Waals surface area (Å²) in [5.74, 6) is 0.359. The zero-order valence-corrected chi connectivity index (χ0v) is 11.8. The minimum absolute atomic E-state index is 0.0617. The van der Waals surface area contributed by atoms with E-state index >= 15 is 0 Å². The van der Waals surface area contributed by atoms with Crippen LogP contribution in [0.3, 0.4) is 0 Å². The molecule has 1 atom stereocenters. The Morgan fingerprint density at radius 1 is 1.22 bits per heavy atom. The van der Waals surface area contributed by atoms with Gasteiger partial charge in [-0.1, -0.05) is 44.2 Å². The van der Waals surface area contributed by atoms with Crippen molar-refractivity contribution in [3.05, 3.63) is 35.9 Å². The Morgan fingerprint density at radius 2 is 1.83 bits per heavy atom. The molecule has 0 heterocycles. The molecule has 18 heavy (non-hydrogen) atoms. The molecule has 0 aliphatic rings. The first-order chi connectivity index (χ1) is 8.52. The molecule has 0 radical (unpaired) electrons. The van der Waals surface area contributed by atoms with Crippen molar-refractivity contribution in [1.29, 1.82) is 0 Å². The van der Waals surface area contributed by atoms with Crippen molar-refractivity contribution in [2.75, 3.05) is 27.2 Å². The molecule has 0 spiro atoms. The maximum Gasteiger partial charge on any atom is 0.227 e. The fraction of sp³-hybridized carbons (Fsp3) is 0.533. The summed E-state index contributed by atoms with van der Waals surface area (Å²) in [5.41, 5.74) is 1.09. The highest BCUT2D eigenvalue weighted by molar-refractivity contribution is 5.83. The first-order valence-electron chi connectivity index (χ1n) is 6.49. The standard InChI is InChI=1S/C15H24N2O/c1-12(2)14(13-8-6-5-7-9-13)15(18)16-10-11-17(3)4/h5-9,12,14H,10-11H2,1-4H3,(H,16,18)/t14-/m1/s1. The fourth-order valence-corrected chi connectivity index (χ4v) is 2.01. The average Bonchev–Trinajstić information content (AvgIpc) is 2.29. The molecule has 1 aromatic carbocycles. The van der Waals surface area contributed by atoms with E-state index in [1.807, 2.05) is 44.4 Å². The number of nitrogens with one attached hydrogen (secondary N) is 1. The summed E-state index contributed by atoms with van der Waals surface area (Å²) in [6, 6.07) is 9.99. The third-order valence-electron chi connectivity index (χ3n) is 2.97. The van der Waals surface area contributed by atoms with Crippen molar-refractivity contribution in [3.8, 4) is 0 Å². The van der Waals surface area contributed by atoms with Gasteiger partial charge in [-0.2, -0.15) is 0 Å². The lowest BCUT2D eigenvalue weighted by Gasteiger charge is -2.21. The van der Waals surface area contributed by atoms with Gasteiger partial charge in [0.2, 0.25) is 5.91 Å². The molecule has 0 saturated heterocycles. The highest BCUT2D eigenvalue weighted by Crippen LogP contribution is 2.24. The topological polar surface area (TPSA) is 32.3 Å².